The standard InChI is InChI=1S/C23H14FNO3S/c1-4-16-9-18(11-19(24)10-16)22-14-25(28-15(3)26)13-21(23(22)27)17-7-6-8-20(12-17)29-5-2/h1-2,6-14H,3H3. The maximum Gasteiger partial charge on any atom is 0.329 e. The molecule has 0 fully saturated rings. The minimum Gasteiger partial charge on any atom is -0.337 e. The lowest BCUT2D eigenvalue weighted by Gasteiger charge is -2.12. The molecule has 0 aliphatic heterocycles. The van der Waals surface area contributed by atoms with Crippen LogP contribution < -0.4 is 10.3 Å². The highest BCUT2D eigenvalue weighted by Crippen LogP contribution is 2.26. The number of halogens is 1. The van der Waals surface area contributed by atoms with Crippen LogP contribution in [0.4, 0.5) is 4.39 Å². The summed E-state index contributed by atoms with van der Waals surface area (Å²) in [6.07, 6.45) is 13.4. The van der Waals surface area contributed by atoms with Crippen LogP contribution in [0.25, 0.3) is 22.3 Å². The maximum atomic E-state index is 14.0. The van der Waals surface area contributed by atoms with Gasteiger partial charge >= 0.3 is 5.97 Å². The van der Waals surface area contributed by atoms with Crippen molar-refractivity contribution in [1.29, 1.82) is 0 Å². The number of hydrogen-bond acceptors (Lipinski definition) is 4. The van der Waals surface area contributed by atoms with Crippen molar-refractivity contribution in [3.63, 3.8) is 0 Å². The third-order valence-electron chi connectivity index (χ3n) is 3.93. The van der Waals surface area contributed by atoms with Gasteiger partial charge in [-0.25, -0.2) is 9.18 Å². The predicted octanol–water partition coefficient (Wildman–Crippen LogP) is 3.96. The number of terminal acetylenes is 2. The second-order valence-electron chi connectivity index (χ2n) is 5.98. The summed E-state index contributed by atoms with van der Waals surface area (Å²) in [5, 5.41) is 2.47. The highest BCUT2D eigenvalue weighted by molar-refractivity contribution is 8.03. The van der Waals surface area contributed by atoms with Crippen molar-refractivity contribution in [2.24, 2.45) is 0 Å². The largest absolute Gasteiger partial charge is 0.337 e. The first-order valence-corrected chi connectivity index (χ1v) is 9.18. The number of nitrogens with zero attached hydrogens (tertiary/aromatic N) is 1. The third-order valence-corrected chi connectivity index (χ3v) is 4.54. The van der Waals surface area contributed by atoms with Gasteiger partial charge in [0.25, 0.3) is 0 Å². The molecule has 0 saturated carbocycles. The van der Waals surface area contributed by atoms with E-state index in [-0.39, 0.29) is 27.7 Å². The molecule has 0 saturated heterocycles. The molecule has 1 aromatic heterocycles. The summed E-state index contributed by atoms with van der Waals surface area (Å²) in [5.74, 6) is 1.20. The van der Waals surface area contributed by atoms with Crippen molar-refractivity contribution in [2.75, 3.05) is 0 Å². The molecule has 0 aliphatic carbocycles. The van der Waals surface area contributed by atoms with Gasteiger partial charge < -0.3 is 4.84 Å². The molecule has 0 bridgehead atoms. The van der Waals surface area contributed by atoms with E-state index in [1.54, 1.807) is 18.2 Å². The van der Waals surface area contributed by atoms with E-state index in [2.05, 4.69) is 11.2 Å². The van der Waals surface area contributed by atoms with E-state index < -0.39 is 11.8 Å². The molecule has 3 aromatic rings. The Kier molecular flexibility index (Phi) is 5.87. The van der Waals surface area contributed by atoms with Gasteiger partial charge in [-0.15, -0.1) is 12.8 Å². The molecular formula is C23H14FNO3S. The van der Waals surface area contributed by atoms with Crippen LogP contribution in [0.1, 0.15) is 12.5 Å². The fourth-order valence-electron chi connectivity index (χ4n) is 2.79. The molecule has 0 amide bonds. The van der Waals surface area contributed by atoms with Crippen LogP contribution in [0, 0.1) is 29.8 Å². The zero-order valence-corrected chi connectivity index (χ0v) is 16.1. The number of hydrogen-bond donors (Lipinski definition) is 0. The van der Waals surface area contributed by atoms with Crippen LogP contribution in [0.2, 0.25) is 0 Å². The molecule has 6 heteroatoms. The third kappa shape index (κ3) is 4.57. The molecule has 0 atom stereocenters. The Morgan fingerprint density at radius 3 is 2.48 bits per heavy atom. The molecule has 0 aliphatic rings. The summed E-state index contributed by atoms with van der Waals surface area (Å²) in [5.41, 5.74) is 1.16. The molecule has 1 heterocycles. The second-order valence-corrected chi connectivity index (χ2v) is 6.89. The molecule has 3 rings (SSSR count). The quantitative estimate of drug-likeness (QED) is 0.489. The van der Waals surface area contributed by atoms with Gasteiger partial charge in [0.1, 0.15) is 5.82 Å². The number of rotatable bonds is 4. The number of thioether (sulfide) groups is 1. The van der Waals surface area contributed by atoms with E-state index in [0.29, 0.717) is 5.56 Å². The van der Waals surface area contributed by atoms with Gasteiger partial charge in [0, 0.05) is 28.5 Å². The molecule has 29 heavy (non-hydrogen) atoms. The van der Waals surface area contributed by atoms with Crippen molar-refractivity contribution < 1.29 is 14.0 Å². The van der Waals surface area contributed by atoms with E-state index >= 15 is 0 Å². The van der Waals surface area contributed by atoms with Gasteiger partial charge in [0.05, 0.1) is 12.4 Å². The number of carbonyl (C=O) groups excluding carboxylic acids is 1. The van der Waals surface area contributed by atoms with Crippen molar-refractivity contribution in [3.05, 3.63) is 76.5 Å². The molecule has 0 spiro atoms. The zero-order valence-electron chi connectivity index (χ0n) is 15.3. The Balaban J connectivity index is 2.27. The van der Waals surface area contributed by atoms with E-state index in [9.17, 15) is 14.0 Å². The Hall–Kier alpha value is -3.74. The average Bonchev–Trinajstić information content (AvgIpc) is 2.68. The number of pyridine rings is 1. The summed E-state index contributed by atoms with van der Waals surface area (Å²) in [6.45, 7) is 1.24. The van der Waals surface area contributed by atoms with Crippen molar-refractivity contribution >= 4 is 17.7 Å². The van der Waals surface area contributed by atoms with E-state index in [1.807, 2.05) is 6.07 Å². The molecule has 0 unspecified atom stereocenters. The summed E-state index contributed by atoms with van der Waals surface area (Å²) < 4.78 is 15.1. The van der Waals surface area contributed by atoms with Gasteiger partial charge in [0.2, 0.25) is 0 Å². The monoisotopic (exact) mass is 403 g/mol. The minimum absolute atomic E-state index is 0.134. The average molecular weight is 403 g/mol. The highest BCUT2D eigenvalue weighted by Gasteiger charge is 2.15. The van der Waals surface area contributed by atoms with Gasteiger partial charge in [0.15, 0.2) is 5.43 Å². The van der Waals surface area contributed by atoms with Crippen LogP contribution in [-0.2, 0) is 4.79 Å². The fraction of sp³-hybridized carbons (Fsp3) is 0.0435. The lowest BCUT2D eigenvalue weighted by atomic mass is 10.00. The molecule has 0 radical (unpaired) electrons. The molecule has 142 valence electrons. The van der Waals surface area contributed by atoms with Crippen LogP contribution >= 0.6 is 11.8 Å². The number of carbonyl (C=O) groups is 1. The SMILES string of the molecule is C#CSc1cccc(-c2cn(OC(C)=O)cc(-c3cc(F)cc(C#C)c3)c2=O)c1. The molecule has 4 nitrogen and oxygen atoms in total. The van der Waals surface area contributed by atoms with Crippen molar-refractivity contribution in [2.45, 2.75) is 11.8 Å². The van der Waals surface area contributed by atoms with E-state index in [0.717, 1.165) is 9.63 Å². The predicted molar refractivity (Wildman–Crippen MR) is 111 cm³/mol. The van der Waals surface area contributed by atoms with E-state index in [1.165, 1.54) is 49.3 Å². The maximum absolute atomic E-state index is 14.0. The Morgan fingerprint density at radius 2 is 1.83 bits per heavy atom. The molecule has 0 N–H and O–H groups in total. The summed E-state index contributed by atoms with van der Waals surface area (Å²) >= 11 is 1.17. The Labute approximate surface area is 171 Å². The van der Waals surface area contributed by atoms with Gasteiger partial charge in [-0.1, -0.05) is 18.1 Å². The van der Waals surface area contributed by atoms with Gasteiger partial charge in [-0.05, 0) is 58.5 Å². The highest BCUT2D eigenvalue weighted by atomic mass is 32.2. The Bertz CT molecular complexity index is 1250. The van der Waals surface area contributed by atoms with Crippen LogP contribution in [0.15, 0.2) is 64.5 Å². The minimum atomic E-state index is -0.578. The smallest absolute Gasteiger partial charge is 0.329 e. The lowest BCUT2D eigenvalue weighted by molar-refractivity contribution is -0.141. The second kappa shape index (κ2) is 8.52. The first kappa shape index (κ1) is 20.0. The van der Waals surface area contributed by atoms with Crippen LogP contribution in [0.5, 0.6) is 0 Å². The van der Waals surface area contributed by atoms with Gasteiger partial charge in [-0.2, -0.15) is 4.73 Å². The molecule has 2 aromatic carbocycles. The lowest BCUT2D eigenvalue weighted by Crippen LogP contribution is -2.21. The van der Waals surface area contributed by atoms with Gasteiger partial charge in [-0.3, -0.25) is 4.79 Å². The molecular weight excluding hydrogens is 389 g/mol. The van der Waals surface area contributed by atoms with Crippen LogP contribution in [-0.4, -0.2) is 10.7 Å². The first-order valence-electron chi connectivity index (χ1n) is 8.37. The number of benzene rings is 2. The Morgan fingerprint density at radius 1 is 1.10 bits per heavy atom. The summed E-state index contributed by atoms with van der Waals surface area (Å²) in [4.78, 5) is 30.6. The topological polar surface area (TPSA) is 48.3 Å². The summed E-state index contributed by atoms with van der Waals surface area (Å²) in [7, 11) is 0. The van der Waals surface area contributed by atoms with Crippen molar-refractivity contribution in [1.82, 2.24) is 4.73 Å². The first-order chi connectivity index (χ1) is 13.9. The zero-order chi connectivity index (χ0) is 21.0. The summed E-state index contributed by atoms with van der Waals surface area (Å²) in [6, 6.07) is 11.0. The normalized spacial score (nSPS) is 10.1. The van der Waals surface area contributed by atoms with Crippen molar-refractivity contribution in [3.8, 4) is 46.3 Å². The van der Waals surface area contributed by atoms with Crippen LogP contribution in [0.3, 0.4) is 0 Å². The fourth-order valence-corrected chi connectivity index (χ4v) is 3.26. The number of aromatic nitrogens is 1. The van der Waals surface area contributed by atoms with E-state index in [4.69, 9.17) is 17.7 Å².